The Morgan fingerprint density at radius 1 is 0.243 bits per heavy atom. The third-order valence-electron chi connectivity index (χ3n) is 13.8. The molecule has 0 radical (unpaired) electrons. The van der Waals surface area contributed by atoms with Gasteiger partial charge in [0.1, 0.15) is 0 Å². The maximum Gasteiger partial charge on any atom is 0.233 e. The summed E-state index contributed by atoms with van der Waals surface area (Å²) in [6.45, 7) is 14.0. The SMILES string of the molecule is CC(C)Nc1nc(N)nc(NCCc2cc(Cl)c(Cl)cc2Cl)n1.CC(C)Nc1nc(N)nc(NCc2ccccc2Cl)n1.CC(C)Nc1nc(N)nc(Nc2ccccc2Cl)n1.Nc1nc(N)nc(NCCc2cc(Cl)c(Cl)cc2Cl)n1.Nc1nc(N)nc(NCc2ccccc2Cl)n1.Nc1nc(N)nc(Nc2ccccc2Cl)n1. The predicted molar refractivity (Wildman–Crippen MR) is 469 cm³/mol. The zero-order valence-electron chi connectivity index (χ0n) is 62.0. The molecule has 0 amide bonds. The van der Waals surface area contributed by atoms with Crippen LogP contribution in [0.2, 0.25) is 50.2 Å². The molecule has 12 rings (SSSR count). The number of nitrogen functional groups attached to an aromatic ring is 9. The number of para-hydroxylation sites is 2. The van der Waals surface area contributed by atoms with Crippen LogP contribution in [0.3, 0.4) is 0 Å². The molecule has 46 heteroatoms. The van der Waals surface area contributed by atoms with Crippen molar-refractivity contribution in [2.24, 2.45) is 0 Å². The van der Waals surface area contributed by atoms with E-state index in [0.29, 0.717) is 148 Å². The number of nitrogens with zero attached hydrogens (tertiary/aromatic N) is 18. The van der Waals surface area contributed by atoms with E-state index < -0.39 is 0 Å². The van der Waals surface area contributed by atoms with Gasteiger partial charge in [-0.2, -0.15) is 89.7 Å². The molecule has 27 N–H and O–H groups in total. The highest BCUT2D eigenvalue weighted by atomic mass is 35.5. The van der Waals surface area contributed by atoms with Crippen LogP contribution in [0.1, 0.15) is 63.8 Å². The molecule has 6 aromatic carbocycles. The summed E-state index contributed by atoms with van der Waals surface area (Å²) in [4.78, 5) is 71.3. The molecule has 115 heavy (non-hydrogen) atoms. The molecule has 6 aromatic heterocycles. The van der Waals surface area contributed by atoms with E-state index in [0.717, 1.165) is 22.3 Å². The molecule has 0 atom stereocenters. The monoisotopic (exact) mass is 1760 g/mol. The molecule has 0 unspecified atom stereocenters. The fraction of sp³-hybridized carbons (Fsp3) is 0.217. The molecule has 0 saturated heterocycles. The van der Waals surface area contributed by atoms with Gasteiger partial charge in [-0.15, -0.1) is 0 Å². The van der Waals surface area contributed by atoms with Crippen LogP contribution in [0.4, 0.5) is 118 Å². The number of rotatable bonds is 24. The summed E-state index contributed by atoms with van der Waals surface area (Å²) >= 11 is 60.1. The number of nitrogens with one attached hydrogen (secondary N) is 9. The van der Waals surface area contributed by atoms with Crippen molar-refractivity contribution in [2.75, 3.05) is 113 Å². The normalized spacial score (nSPS) is 10.5. The Morgan fingerprint density at radius 3 is 0.809 bits per heavy atom. The van der Waals surface area contributed by atoms with Gasteiger partial charge in [-0.3, -0.25) is 0 Å². The molecule has 6 heterocycles. The Balaban J connectivity index is 0.000000192. The minimum absolute atomic E-state index is 0.0575. The topological polar surface area (TPSA) is 574 Å². The number of anilines is 20. The highest BCUT2D eigenvalue weighted by Crippen LogP contribution is 2.32. The van der Waals surface area contributed by atoms with Crippen molar-refractivity contribution < 1.29 is 0 Å². The van der Waals surface area contributed by atoms with Gasteiger partial charge in [0.2, 0.25) is 107 Å². The first-order chi connectivity index (χ1) is 54.7. The van der Waals surface area contributed by atoms with E-state index in [9.17, 15) is 0 Å². The summed E-state index contributed by atoms with van der Waals surface area (Å²) in [7, 11) is 0. The Morgan fingerprint density at radius 2 is 0.487 bits per heavy atom. The third-order valence-corrected chi connectivity index (χ3v) is 17.3. The average molecular weight is 1770 g/mol. The molecular formula is C69H80Cl10N36. The van der Waals surface area contributed by atoms with Crippen molar-refractivity contribution in [1.29, 1.82) is 0 Å². The van der Waals surface area contributed by atoms with E-state index >= 15 is 0 Å². The minimum atomic E-state index is 0.0575. The van der Waals surface area contributed by atoms with Gasteiger partial charge in [0.05, 0.1) is 41.5 Å². The van der Waals surface area contributed by atoms with Gasteiger partial charge in [-0.05, 0) is 137 Å². The van der Waals surface area contributed by atoms with Gasteiger partial charge >= 0.3 is 0 Å². The number of aromatic nitrogens is 18. The zero-order valence-corrected chi connectivity index (χ0v) is 69.6. The van der Waals surface area contributed by atoms with Crippen LogP contribution in [0.5, 0.6) is 0 Å². The van der Waals surface area contributed by atoms with E-state index in [-0.39, 0.29) is 77.6 Å². The second-order valence-electron chi connectivity index (χ2n) is 24.2. The van der Waals surface area contributed by atoms with E-state index in [2.05, 4.69) is 138 Å². The summed E-state index contributed by atoms with van der Waals surface area (Å²) in [6, 6.07) is 36.9. The third kappa shape index (κ3) is 32.6. The highest BCUT2D eigenvalue weighted by molar-refractivity contribution is 6.44. The quantitative estimate of drug-likeness (QED) is 0.0250. The van der Waals surface area contributed by atoms with Crippen molar-refractivity contribution in [1.82, 2.24) is 89.7 Å². The van der Waals surface area contributed by atoms with Crippen molar-refractivity contribution in [3.05, 3.63) is 194 Å². The number of benzene rings is 6. The fourth-order valence-electron chi connectivity index (χ4n) is 8.93. The van der Waals surface area contributed by atoms with Gasteiger partial charge in [0.15, 0.2) is 0 Å². The van der Waals surface area contributed by atoms with Crippen LogP contribution < -0.4 is 99.5 Å². The molecule has 0 bridgehead atoms. The second kappa shape index (κ2) is 45.5. The first kappa shape index (κ1) is 90.9. The largest absolute Gasteiger partial charge is 0.368 e. The first-order valence-electron chi connectivity index (χ1n) is 34.1. The summed E-state index contributed by atoms with van der Waals surface area (Å²) in [5.74, 6) is 4.26. The summed E-state index contributed by atoms with van der Waals surface area (Å²) in [5.41, 5.74) is 54.7. The fourth-order valence-corrected chi connectivity index (χ4v) is 11.0. The van der Waals surface area contributed by atoms with E-state index in [1.165, 1.54) is 0 Å². The van der Waals surface area contributed by atoms with Crippen molar-refractivity contribution >= 4 is 234 Å². The van der Waals surface area contributed by atoms with Gasteiger partial charge in [-0.25, -0.2) is 0 Å². The highest BCUT2D eigenvalue weighted by Gasteiger charge is 2.14. The standard InChI is InChI=1S/C14H17Cl3N6.C13H17ClN6.C12H15ClN6.C11H11Cl3N6.C10H11ClN6.C9H9ClN6/c1-7(2)20-14-22-12(18)21-13(23-14)19-4-3-8-5-10(16)11(17)6-9(8)15;1-8(2)17-13-19-11(15)18-12(20-13)16-7-9-5-3-4-6-10(9)14;1-7(2)15-11-17-10(14)18-12(19-11)16-9-6-4-3-5-8(9)13;12-6-4-8(14)7(13)3-5(6)1-2-17-11-19-9(15)18-10(16)20-11;11-7-4-2-1-3-6(7)5-14-10-16-8(12)15-9(13)17-10;10-5-3-1-2-4-6(5)13-9-15-7(11)14-8(12)16-9/h5-7H,3-4H2,1-2H3,(H4,18,19,20,21,22,23);3-6,8H,7H2,1-2H3,(H4,15,16,17,18,19,20);3-7H,1-2H3,(H4,14,15,16,17,18,19);3-4H,1-2H2,(H5,15,16,17,18,19,20);1-4H,5H2,(H5,12,13,14,15,16,17);1-4H,(H5,11,12,13,14,15,16). The number of hydrogen-bond donors (Lipinski definition) is 18. The summed E-state index contributed by atoms with van der Waals surface area (Å²) in [5, 5.41) is 32.7. The molecule has 0 saturated carbocycles. The van der Waals surface area contributed by atoms with Gasteiger partial charge < -0.3 is 99.5 Å². The first-order valence-corrected chi connectivity index (χ1v) is 37.8. The molecule has 12 aromatic rings. The maximum atomic E-state index is 6.15. The van der Waals surface area contributed by atoms with Crippen LogP contribution in [0, 0.1) is 0 Å². The molecule has 0 fully saturated rings. The van der Waals surface area contributed by atoms with Gasteiger partial charge in [-0.1, -0.05) is 177 Å². The number of nitrogens with two attached hydrogens (primary N) is 9. The molecule has 0 aliphatic carbocycles. The smallest absolute Gasteiger partial charge is 0.233 e. The van der Waals surface area contributed by atoms with E-state index in [1.807, 2.05) is 120 Å². The molecule has 0 aliphatic rings. The minimum Gasteiger partial charge on any atom is -0.368 e. The number of hydrogen-bond acceptors (Lipinski definition) is 36. The maximum absolute atomic E-state index is 6.15. The van der Waals surface area contributed by atoms with E-state index in [1.54, 1.807) is 42.5 Å². The van der Waals surface area contributed by atoms with E-state index in [4.69, 9.17) is 168 Å². The summed E-state index contributed by atoms with van der Waals surface area (Å²) < 4.78 is 0. The molecule has 606 valence electrons. The predicted octanol–water partition coefficient (Wildman–Crippen LogP) is 14.5. The molecular weight excluding hydrogens is 1690 g/mol. The van der Waals surface area contributed by atoms with Gasteiger partial charge in [0, 0.05) is 64.4 Å². The van der Waals surface area contributed by atoms with Crippen molar-refractivity contribution in [3.63, 3.8) is 0 Å². The lowest BCUT2D eigenvalue weighted by atomic mass is 10.1. The zero-order chi connectivity index (χ0) is 83.8. The van der Waals surface area contributed by atoms with Crippen LogP contribution in [-0.2, 0) is 25.9 Å². The average Bonchev–Trinajstić information content (AvgIpc) is 0.854. The Bertz CT molecular complexity index is 5100. The Labute approximate surface area is 711 Å². The van der Waals surface area contributed by atoms with Crippen molar-refractivity contribution in [3.8, 4) is 0 Å². The van der Waals surface area contributed by atoms with Crippen LogP contribution in [0.25, 0.3) is 0 Å². The van der Waals surface area contributed by atoms with Crippen LogP contribution in [-0.4, -0.2) is 121 Å². The Kier molecular flexibility index (Phi) is 36.0. The molecule has 36 nitrogen and oxygen atoms in total. The molecule has 0 spiro atoms. The number of halogens is 10. The van der Waals surface area contributed by atoms with Crippen LogP contribution in [0.15, 0.2) is 121 Å². The van der Waals surface area contributed by atoms with Crippen LogP contribution >= 0.6 is 116 Å². The van der Waals surface area contributed by atoms with Crippen molar-refractivity contribution in [2.45, 2.75) is 85.6 Å². The lowest BCUT2D eigenvalue weighted by Crippen LogP contribution is -2.16. The summed E-state index contributed by atoms with van der Waals surface area (Å²) in [6.07, 6.45) is 1.25. The lowest BCUT2D eigenvalue weighted by molar-refractivity contribution is 0.866. The molecule has 0 aliphatic heterocycles. The lowest BCUT2D eigenvalue weighted by Gasteiger charge is -2.11. The van der Waals surface area contributed by atoms with Gasteiger partial charge in [0.25, 0.3) is 0 Å². The Hall–Kier alpha value is -11.3. The second-order valence-corrected chi connectivity index (χ2v) is 28.3.